The van der Waals surface area contributed by atoms with Crippen molar-refractivity contribution in [2.75, 3.05) is 13.7 Å². The molecule has 194 valence electrons. The fourth-order valence-corrected chi connectivity index (χ4v) is 5.58. The van der Waals surface area contributed by atoms with E-state index in [0.717, 1.165) is 17.5 Å². The molecule has 0 amide bonds. The Hall–Kier alpha value is -3.56. The molecule has 2 aliphatic rings. The molecule has 0 bridgehead atoms. The molecule has 3 aromatic rings. The van der Waals surface area contributed by atoms with Gasteiger partial charge in [-0.3, -0.25) is 4.79 Å². The maximum absolute atomic E-state index is 13.7. The maximum Gasteiger partial charge on any atom is 0.339 e. The first kappa shape index (κ1) is 25.1. The second kappa shape index (κ2) is 8.78. The Bertz CT molecular complexity index is 1490. The number of Topliss-reactive ketones (excluding diaryl/α,β-unsaturated/α-hetero) is 1. The number of rotatable bonds is 5. The van der Waals surface area contributed by atoms with Crippen molar-refractivity contribution < 1.29 is 36.7 Å². The van der Waals surface area contributed by atoms with Gasteiger partial charge in [0, 0.05) is 17.2 Å². The summed E-state index contributed by atoms with van der Waals surface area (Å²) in [5, 5.41) is 11.7. The number of aliphatic hydroxyl groups is 1. The molecule has 2 heterocycles. The van der Waals surface area contributed by atoms with Crippen LogP contribution in [0.2, 0.25) is 0 Å². The molecule has 0 fully saturated rings. The van der Waals surface area contributed by atoms with Crippen LogP contribution in [0.4, 0.5) is 0 Å². The summed E-state index contributed by atoms with van der Waals surface area (Å²) in [6, 6.07) is 13.7. The second-order valence-corrected chi connectivity index (χ2v) is 11.5. The van der Waals surface area contributed by atoms with Crippen molar-refractivity contribution in [1.82, 2.24) is 0 Å². The lowest BCUT2D eigenvalue weighted by Gasteiger charge is -2.37. The van der Waals surface area contributed by atoms with Crippen LogP contribution in [0, 0.1) is 6.92 Å². The van der Waals surface area contributed by atoms with Gasteiger partial charge in [0.15, 0.2) is 11.4 Å². The van der Waals surface area contributed by atoms with E-state index in [4.69, 9.17) is 18.4 Å². The van der Waals surface area contributed by atoms with E-state index < -0.39 is 28.1 Å². The van der Waals surface area contributed by atoms with Crippen LogP contribution < -0.4 is 18.4 Å². The molecule has 0 aliphatic carbocycles. The number of ether oxygens (including phenoxy) is 3. The molecule has 0 radical (unpaired) electrons. The largest absolute Gasteiger partial charge is 0.497 e. The Morgan fingerprint density at radius 2 is 1.76 bits per heavy atom. The van der Waals surface area contributed by atoms with Crippen LogP contribution in [0.3, 0.4) is 0 Å². The lowest BCUT2D eigenvalue weighted by Crippen LogP contribution is -2.45. The Kier molecular flexibility index (Phi) is 5.96. The van der Waals surface area contributed by atoms with Crippen molar-refractivity contribution in [3.05, 3.63) is 76.9 Å². The second-order valence-electron chi connectivity index (χ2n) is 9.97. The molecular weight excluding hydrogens is 496 g/mol. The van der Waals surface area contributed by atoms with Crippen LogP contribution in [-0.4, -0.2) is 38.6 Å². The van der Waals surface area contributed by atoms with E-state index in [9.17, 15) is 18.3 Å². The number of hydrogen-bond acceptors (Lipinski definition) is 8. The van der Waals surface area contributed by atoms with Gasteiger partial charge in [-0.1, -0.05) is 17.7 Å². The Morgan fingerprint density at radius 1 is 1.03 bits per heavy atom. The fraction of sp³-hybridized carbons (Fsp3) is 0.321. The normalized spacial score (nSPS) is 20.2. The molecule has 0 spiro atoms. The third-order valence-electron chi connectivity index (χ3n) is 6.77. The molecule has 0 aromatic heterocycles. The number of benzene rings is 3. The summed E-state index contributed by atoms with van der Waals surface area (Å²) in [5.41, 5.74) is -0.719. The Balaban J connectivity index is 1.56. The van der Waals surface area contributed by atoms with Crippen molar-refractivity contribution in [2.45, 2.75) is 49.7 Å². The van der Waals surface area contributed by atoms with Gasteiger partial charge < -0.3 is 23.5 Å². The van der Waals surface area contributed by atoms with Crippen LogP contribution in [0.5, 0.6) is 23.0 Å². The Labute approximate surface area is 215 Å². The van der Waals surface area contributed by atoms with Gasteiger partial charge in [-0.25, -0.2) is 0 Å². The summed E-state index contributed by atoms with van der Waals surface area (Å²) in [6.07, 6.45) is 1.40. The Morgan fingerprint density at radius 3 is 2.46 bits per heavy atom. The highest BCUT2D eigenvalue weighted by Gasteiger charge is 2.48. The maximum atomic E-state index is 13.7. The standard InChI is InChI=1S/C28H28O8S/c1-17-5-8-19(9-6-17)37(31,32)36-24-15-18(33-4)7-11-22(24)28(30)16-34-25-20-13-14-27(2,3)35-23(20)12-10-21(25)26(28)29/h5-12,15,30H,13-14,16H2,1-4H3. The third kappa shape index (κ3) is 4.42. The van der Waals surface area contributed by atoms with Crippen LogP contribution >= 0.6 is 0 Å². The molecule has 1 atom stereocenters. The minimum atomic E-state index is -4.28. The molecule has 37 heavy (non-hydrogen) atoms. The summed E-state index contributed by atoms with van der Waals surface area (Å²) in [4.78, 5) is 13.7. The van der Waals surface area contributed by atoms with Crippen molar-refractivity contribution in [3.8, 4) is 23.0 Å². The zero-order chi connectivity index (χ0) is 26.6. The van der Waals surface area contributed by atoms with Gasteiger partial charge in [0.1, 0.15) is 34.4 Å². The summed E-state index contributed by atoms with van der Waals surface area (Å²) >= 11 is 0. The zero-order valence-electron chi connectivity index (χ0n) is 21.0. The monoisotopic (exact) mass is 524 g/mol. The number of hydrogen-bond donors (Lipinski definition) is 1. The quantitative estimate of drug-likeness (QED) is 0.491. The van der Waals surface area contributed by atoms with Crippen LogP contribution in [-0.2, 0) is 22.1 Å². The van der Waals surface area contributed by atoms with Gasteiger partial charge in [-0.2, -0.15) is 8.42 Å². The first-order valence-corrected chi connectivity index (χ1v) is 13.3. The number of ketones is 1. The lowest BCUT2D eigenvalue weighted by molar-refractivity contribution is -0.00681. The molecule has 9 heteroatoms. The molecule has 0 saturated heterocycles. The van der Waals surface area contributed by atoms with E-state index >= 15 is 0 Å². The van der Waals surface area contributed by atoms with E-state index in [1.54, 1.807) is 24.3 Å². The number of carbonyl (C=O) groups excluding carboxylic acids is 1. The van der Waals surface area contributed by atoms with Gasteiger partial charge in [0.05, 0.1) is 12.7 Å². The van der Waals surface area contributed by atoms with Crippen LogP contribution in [0.1, 0.15) is 47.3 Å². The van der Waals surface area contributed by atoms with Gasteiger partial charge in [-0.15, -0.1) is 0 Å². The highest BCUT2D eigenvalue weighted by atomic mass is 32.2. The average molecular weight is 525 g/mol. The van der Waals surface area contributed by atoms with E-state index in [-0.39, 0.29) is 27.4 Å². The predicted molar refractivity (Wildman–Crippen MR) is 135 cm³/mol. The van der Waals surface area contributed by atoms with Gasteiger partial charge in [-0.05, 0) is 70.0 Å². The van der Waals surface area contributed by atoms with E-state index in [2.05, 4.69) is 0 Å². The molecule has 5 rings (SSSR count). The molecule has 1 N–H and O–H groups in total. The van der Waals surface area contributed by atoms with E-state index in [1.165, 1.54) is 37.4 Å². The van der Waals surface area contributed by atoms with Crippen molar-refractivity contribution in [3.63, 3.8) is 0 Å². The number of methoxy groups -OCH3 is 1. The SMILES string of the molecule is COc1ccc(C2(O)COc3c(ccc4c3CCC(C)(C)O4)C2=O)c(OS(=O)(=O)c2ccc(C)cc2)c1. The fourth-order valence-electron chi connectivity index (χ4n) is 4.64. The topological polar surface area (TPSA) is 108 Å². The van der Waals surface area contributed by atoms with Gasteiger partial charge in [0.2, 0.25) is 5.78 Å². The first-order valence-electron chi connectivity index (χ1n) is 11.9. The van der Waals surface area contributed by atoms with E-state index in [0.29, 0.717) is 23.7 Å². The highest BCUT2D eigenvalue weighted by molar-refractivity contribution is 7.87. The summed E-state index contributed by atoms with van der Waals surface area (Å²) in [7, 11) is -2.86. The molecule has 1 unspecified atom stereocenters. The minimum Gasteiger partial charge on any atom is -0.497 e. The number of fused-ring (bicyclic) bond motifs is 3. The minimum absolute atomic E-state index is 0.0465. The van der Waals surface area contributed by atoms with Crippen LogP contribution in [0.25, 0.3) is 0 Å². The molecular formula is C28H28O8S. The van der Waals surface area contributed by atoms with Crippen molar-refractivity contribution in [1.29, 1.82) is 0 Å². The van der Waals surface area contributed by atoms with Crippen molar-refractivity contribution in [2.24, 2.45) is 0 Å². The first-order chi connectivity index (χ1) is 17.4. The zero-order valence-corrected chi connectivity index (χ0v) is 21.8. The lowest BCUT2D eigenvalue weighted by atomic mass is 9.82. The average Bonchev–Trinajstić information content (AvgIpc) is 2.85. The smallest absolute Gasteiger partial charge is 0.339 e. The summed E-state index contributed by atoms with van der Waals surface area (Å²) in [6.45, 7) is 5.40. The molecule has 3 aromatic carbocycles. The molecule has 2 aliphatic heterocycles. The summed E-state index contributed by atoms with van der Waals surface area (Å²) in [5.74, 6) is 0.465. The highest BCUT2D eigenvalue weighted by Crippen LogP contribution is 2.46. The van der Waals surface area contributed by atoms with Crippen LogP contribution in [0.15, 0.2) is 59.5 Å². The number of carbonyl (C=O) groups is 1. The predicted octanol–water partition coefficient (Wildman–Crippen LogP) is 4.34. The molecule has 0 saturated carbocycles. The van der Waals surface area contributed by atoms with Crippen molar-refractivity contribution >= 4 is 15.9 Å². The van der Waals surface area contributed by atoms with Gasteiger partial charge >= 0.3 is 10.1 Å². The summed E-state index contributed by atoms with van der Waals surface area (Å²) < 4.78 is 48.9. The van der Waals surface area contributed by atoms with E-state index in [1.807, 2.05) is 20.8 Å². The van der Waals surface area contributed by atoms with Gasteiger partial charge in [0.25, 0.3) is 0 Å². The molecule has 8 nitrogen and oxygen atoms in total. The number of aryl methyl sites for hydroxylation is 1. The third-order valence-corrected chi connectivity index (χ3v) is 8.02.